The van der Waals surface area contributed by atoms with Crippen molar-refractivity contribution in [3.63, 3.8) is 0 Å². The van der Waals surface area contributed by atoms with Gasteiger partial charge >= 0.3 is 0 Å². The van der Waals surface area contributed by atoms with E-state index in [-0.39, 0.29) is 5.91 Å². The molecule has 0 rings (SSSR count). The van der Waals surface area contributed by atoms with Crippen LogP contribution in [0.15, 0.2) is 0 Å². The monoisotopic (exact) mass is 258 g/mol. The Morgan fingerprint density at radius 1 is 1.33 bits per heavy atom. The summed E-state index contributed by atoms with van der Waals surface area (Å²) in [5.74, 6) is 0.449. The minimum absolute atomic E-state index is 0.288. The smallest absolute Gasteiger partial charge is 0.237 e. The molecule has 1 atom stereocenters. The first-order valence-electron chi connectivity index (χ1n) is 7.05. The summed E-state index contributed by atoms with van der Waals surface area (Å²) in [7, 11) is 0. The SMILES string of the molecule is CCNC(C)(CCCOCCCC(C)C)C(N)=O. The zero-order valence-corrected chi connectivity index (χ0v) is 12.4. The topological polar surface area (TPSA) is 64.3 Å². The van der Waals surface area contributed by atoms with Crippen LogP contribution in [0.2, 0.25) is 0 Å². The van der Waals surface area contributed by atoms with Gasteiger partial charge in [-0.05, 0) is 45.1 Å². The Bertz CT molecular complexity index is 232. The highest BCUT2D eigenvalue weighted by molar-refractivity contribution is 5.84. The van der Waals surface area contributed by atoms with Crippen LogP contribution in [-0.4, -0.2) is 31.2 Å². The molecular formula is C14H30N2O2. The van der Waals surface area contributed by atoms with Gasteiger partial charge in [0.1, 0.15) is 0 Å². The summed E-state index contributed by atoms with van der Waals surface area (Å²) in [4.78, 5) is 11.4. The van der Waals surface area contributed by atoms with Gasteiger partial charge in [-0.15, -0.1) is 0 Å². The van der Waals surface area contributed by atoms with Gasteiger partial charge in [-0.3, -0.25) is 4.79 Å². The van der Waals surface area contributed by atoms with E-state index in [4.69, 9.17) is 10.5 Å². The van der Waals surface area contributed by atoms with Crippen LogP contribution in [0.3, 0.4) is 0 Å². The third kappa shape index (κ3) is 7.67. The van der Waals surface area contributed by atoms with Crippen molar-refractivity contribution in [1.82, 2.24) is 5.32 Å². The molecule has 1 amide bonds. The van der Waals surface area contributed by atoms with Gasteiger partial charge in [-0.25, -0.2) is 0 Å². The van der Waals surface area contributed by atoms with E-state index >= 15 is 0 Å². The van der Waals surface area contributed by atoms with Gasteiger partial charge in [0.15, 0.2) is 0 Å². The molecule has 0 fully saturated rings. The van der Waals surface area contributed by atoms with E-state index in [1.165, 1.54) is 6.42 Å². The lowest BCUT2D eigenvalue weighted by atomic mass is 9.95. The summed E-state index contributed by atoms with van der Waals surface area (Å²) in [6, 6.07) is 0. The van der Waals surface area contributed by atoms with E-state index < -0.39 is 5.54 Å². The third-order valence-corrected chi connectivity index (χ3v) is 3.15. The number of carbonyl (C=O) groups excluding carboxylic acids is 1. The summed E-state index contributed by atoms with van der Waals surface area (Å²) in [6.45, 7) is 10.5. The molecular weight excluding hydrogens is 228 g/mol. The van der Waals surface area contributed by atoms with E-state index in [1.54, 1.807) is 0 Å². The van der Waals surface area contributed by atoms with Crippen LogP contribution in [0.1, 0.15) is 53.4 Å². The van der Waals surface area contributed by atoms with Crippen molar-refractivity contribution in [2.45, 2.75) is 58.9 Å². The molecule has 4 nitrogen and oxygen atoms in total. The van der Waals surface area contributed by atoms with Crippen molar-refractivity contribution in [2.75, 3.05) is 19.8 Å². The van der Waals surface area contributed by atoms with E-state index in [0.717, 1.165) is 38.3 Å². The lowest BCUT2D eigenvalue weighted by molar-refractivity contribution is -0.124. The van der Waals surface area contributed by atoms with Gasteiger partial charge in [0, 0.05) is 13.2 Å². The molecule has 0 spiro atoms. The fraction of sp³-hybridized carbons (Fsp3) is 0.929. The zero-order chi connectivity index (χ0) is 14.0. The zero-order valence-electron chi connectivity index (χ0n) is 12.4. The minimum atomic E-state index is -0.601. The molecule has 0 aromatic rings. The van der Waals surface area contributed by atoms with Crippen molar-refractivity contribution in [1.29, 1.82) is 0 Å². The second kappa shape index (κ2) is 9.34. The van der Waals surface area contributed by atoms with Crippen molar-refractivity contribution in [2.24, 2.45) is 11.7 Å². The maximum absolute atomic E-state index is 11.4. The first kappa shape index (κ1) is 17.4. The van der Waals surface area contributed by atoms with Gasteiger partial charge < -0.3 is 15.8 Å². The number of amides is 1. The molecule has 0 saturated heterocycles. The van der Waals surface area contributed by atoms with Crippen LogP contribution < -0.4 is 11.1 Å². The Morgan fingerprint density at radius 2 is 1.94 bits per heavy atom. The van der Waals surface area contributed by atoms with Crippen molar-refractivity contribution < 1.29 is 9.53 Å². The Labute approximate surface area is 112 Å². The van der Waals surface area contributed by atoms with Gasteiger partial charge in [0.2, 0.25) is 5.91 Å². The molecule has 18 heavy (non-hydrogen) atoms. The van der Waals surface area contributed by atoms with Crippen LogP contribution in [0, 0.1) is 5.92 Å². The average molecular weight is 258 g/mol. The van der Waals surface area contributed by atoms with E-state index in [1.807, 2.05) is 13.8 Å². The number of nitrogens with two attached hydrogens (primary N) is 1. The number of carbonyl (C=O) groups is 1. The second-order valence-electron chi connectivity index (χ2n) is 5.48. The van der Waals surface area contributed by atoms with E-state index in [0.29, 0.717) is 6.61 Å². The Balaban J connectivity index is 3.65. The lowest BCUT2D eigenvalue weighted by Crippen LogP contribution is -2.53. The van der Waals surface area contributed by atoms with Gasteiger partial charge in [-0.1, -0.05) is 20.8 Å². The molecule has 0 aromatic carbocycles. The number of hydrogen-bond acceptors (Lipinski definition) is 3. The largest absolute Gasteiger partial charge is 0.381 e. The van der Waals surface area contributed by atoms with Gasteiger partial charge in [0.05, 0.1) is 5.54 Å². The van der Waals surface area contributed by atoms with Gasteiger partial charge in [-0.2, -0.15) is 0 Å². The summed E-state index contributed by atoms with van der Waals surface area (Å²) >= 11 is 0. The highest BCUT2D eigenvalue weighted by Gasteiger charge is 2.28. The highest BCUT2D eigenvalue weighted by atomic mass is 16.5. The number of ether oxygens (including phenoxy) is 1. The van der Waals surface area contributed by atoms with Crippen LogP contribution in [-0.2, 0) is 9.53 Å². The fourth-order valence-electron chi connectivity index (χ4n) is 1.91. The quantitative estimate of drug-likeness (QED) is 0.558. The normalized spacial score (nSPS) is 14.7. The standard InChI is InChI=1S/C14H30N2O2/c1-5-16-14(4,13(15)17)9-7-11-18-10-6-8-12(2)3/h12,16H,5-11H2,1-4H3,(H2,15,17). The second-order valence-corrected chi connectivity index (χ2v) is 5.48. The molecule has 1 unspecified atom stereocenters. The summed E-state index contributed by atoms with van der Waals surface area (Å²) < 4.78 is 5.56. The molecule has 108 valence electrons. The molecule has 4 heteroatoms. The van der Waals surface area contributed by atoms with Gasteiger partial charge in [0.25, 0.3) is 0 Å². The average Bonchev–Trinajstić information content (AvgIpc) is 2.27. The van der Waals surface area contributed by atoms with Crippen molar-refractivity contribution in [3.8, 4) is 0 Å². The number of likely N-dealkylation sites (N-methyl/N-ethyl adjacent to an activating group) is 1. The number of rotatable bonds is 11. The summed E-state index contributed by atoms with van der Waals surface area (Å²) in [5.41, 5.74) is 4.81. The van der Waals surface area contributed by atoms with Crippen LogP contribution in [0.4, 0.5) is 0 Å². The number of nitrogens with one attached hydrogen (secondary N) is 1. The van der Waals surface area contributed by atoms with Crippen molar-refractivity contribution >= 4 is 5.91 Å². The molecule has 3 N–H and O–H groups in total. The number of primary amides is 1. The fourth-order valence-corrected chi connectivity index (χ4v) is 1.91. The molecule has 0 heterocycles. The molecule has 0 radical (unpaired) electrons. The molecule has 0 saturated carbocycles. The summed E-state index contributed by atoms with van der Waals surface area (Å²) in [6.07, 6.45) is 3.89. The Kier molecular flexibility index (Phi) is 9.02. The van der Waals surface area contributed by atoms with Crippen LogP contribution >= 0.6 is 0 Å². The predicted octanol–water partition coefficient (Wildman–Crippen LogP) is 2.07. The maximum Gasteiger partial charge on any atom is 0.237 e. The molecule has 0 aliphatic carbocycles. The molecule has 0 bridgehead atoms. The Hall–Kier alpha value is -0.610. The predicted molar refractivity (Wildman–Crippen MR) is 75.4 cm³/mol. The molecule has 0 aromatic heterocycles. The minimum Gasteiger partial charge on any atom is -0.381 e. The highest BCUT2D eigenvalue weighted by Crippen LogP contribution is 2.12. The molecule has 0 aliphatic rings. The van der Waals surface area contributed by atoms with Crippen LogP contribution in [0.5, 0.6) is 0 Å². The number of hydrogen-bond donors (Lipinski definition) is 2. The summed E-state index contributed by atoms with van der Waals surface area (Å²) in [5, 5.41) is 3.15. The first-order chi connectivity index (χ1) is 8.42. The van der Waals surface area contributed by atoms with E-state index in [9.17, 15) is 4.79 Å². The first-order valence-corrected chi connectivity index (χ1v) is 7.05. The van der Waals surface area contributed by atoms with Crippen molar-refractivity contribution in [3.05, 3.63) is 0 Å². The maximum atomic E-state index is 11.4. The van der Waals surface area contributed by atoms with Crippen LogP contribution in [0.25, 0.3) is 0 Å². The lowest BCUT2D eigenvalue weighted by Gasteiger charge is -2.26. The molecule has 0 aliphatic heterocycles. The Morgan fingerprint density at radius 3 is 2.44 bits per heavy atom. The van der Waals surface area contributed by atoms with E-state index in [2.05, 4.69) is 19.2 Å². The third-order valence-electron chi connectivity index (χ3n) is 3.15.